The highest BCUT2D eigenvalue weighted by molar-refractivity contribution is 6.11. The Balaban J connectivity index is 1.65. The first-order valence-electron chi connectivity index (χ1n) is 12.6. The fraction of sp³-hybridized carbons (Fsp3) is 0.152. The number of ether oxygens (including phenoxy) is 3. The minimum absolute atomic E-state index is 0.132. The molecule has 1 aromatic heterocycles. The maximum atomic E-state index is 13.9. The van der Waals surface area contributed by atoms with Crippen molar-refractivity contribution in [2.45, 2.75) is 13.0 Å². The molecule has 0 aliphatic heterocycles. The minimum Gasteiger partial charge on any atom is -0.497 e. The molecule has 0 amide bonds. The number of carbonyl (C=O) groups is 2. The molecular weight excluding hydrogens is 490 g/mol. The van der Waals surface area contributed by atoms with Gasteiger partial charge in [-0.1, -0.05) is 60.7 Å². The number of nitrogens with zero attached hydrogens (tertiary/aromatic N) is 1. The Kier molecular flexibility index (Phi) is 7.46. The van der Waals surface area contributed by atoms with Crippen LogP contribution < -0.4 is 9.47 Å². The molecular formula is C33H29NO5. The monoisotopic (exact) mass is 519 g/mol. The maximum Gasteiger partial charge on any atom is 0.338 e. The van der Waals surface area contributed by atoms with Crippen LogP contribution in [0.4, 0.5) is 0 Å². The van der Waals surface area contributed by atoms with Gasteiger partial charge in [0.1, 0.15) is 11.5 Å². The molecule has 0 unspecified atom stereocenters. The zero-order valence-electron chi connectivity index (χ0n) is 22.1. The van der Waals surface area contributed by atoms with E-state index in [0.29, 0.717) is 34.9 Å². The molecule has 0 N–H and O–H groups in total. The first kappa shape index (κ1) is 25.8. The molecule has 0 bridgehead atoms. The molecule has 5 aromatic rings. The SMILES string of the molecule is COC(=O)c1ccccc1-c1ccc2cc(C(=O)c3cc(OC)cc(OC)c3)n(CCc3ccccc3)c2c1. The zero-order valence-corrected chi connectivity index (χ0v) is 22.1. The molecule has 5 rings (SSSR count). The molecule has 0 saturated heterocycles. The lowest BCUT2D eigenvalue weighted by atomic mass is 9.99. The van der Waals surface area contributed by atoms with Crippen LogP contribution in [-0.4, -0.2) is 37.6 Å². The summed E-state index contributed by atoms with van der Waals surface area (Å²) in [7, 11) is 4.50. The third kappa shape index (κ3) is 5.27. The summed E-state index contributed by atoms with van der Waals surface area (Å²) in [5.41, 5.74) is 5.24. The second-order valence-corrected chi connectivity index (χ2v) is 9.16. The predicted octanol–water partition coefficient (Wildman–Crippen LogP) is 6.59. The smallest absolute Gasteiger partial charge is 0.338 e. The summed E-state index contributed by atoms with van der Waals surface area (Å²) in [4.78, 5) is 26.4. The average Bonchev–Trinajstić information content (AvgIpc) is 3.37. The summed E-state index contributed by atoms with van der Waals surface area (Å²) in [6.07, 6.45) is 0.745. The molecule has 6 nitrogen and oxygen atoms in total. The van der Waals surface area contributed by atoms with E-state index in [0.717, 1.165) is 28.5 Å². The van der Waals surface area contributed by atoms with E-state index in [9.17, 15) is 9.59 Å². The van der Waals surface area contributed by atoms with Crippen LogP contribution in [0.3, 0.4) is 0 Å². The Bertz CT molecular complexity index is 1630. The predicted molar refractivity (Wildman–Crippen MR) is 152 cm³/mol. The molecule has 39 heavy (non-hydrogen) atoms. The topological polar surface area (TPSA) is 66.8 Å². The van der Waals surface area contributed by atoms with E-state index in [2.05, 4.69) is 16.7 Å². The number of carbonyl (C=O) groups excluding carboxylic acids is 2. The third-order valence-electron chi connectivity index (χ3n) is 6.86. The first-order chi connectivity index (χ1) is 19.0. The van der Waals surface area contributed by atoms with Crippen LogP contribution in [0.25, 0.3) is 22.0 Å². The van der Waals surface area contributed by atoms with E-state index in [4.69, 9.17) is 14.2 Å². The molecule has 0 fully saturated rings. The highest BCUT2D eigenvalue weighted by Crippen LogP contribution is 2.32. The van der Waals surface area contributed by atoms with E-state index in [-0.39, 0.29) is 5.78 Å². The van der Waals surface area contributed by atoms with Crippen molar-refractivity contribution in [1.82, 2.24) is 4.57 Å². The number of methoxy groups -OCH3 is 3. The molecule has 1 heterocycles. The normalized spacial score (nSPS) is 10.8. The van der Waals surface area contributed by atoms with E-state index in [1.807, 2.05) is 60.7 Å². The second-order valence-electron chi connectivity index (χ2n) is 9.16. The lowest BCUT2D eigenvalue weighted by molar-refractivity contribution is 0.0601. The fourth-order valence-electron chi connectivity index (χ4n) is 4.85. The maximum absolute atomic E-state index is 13.9. The molecule has 6 heteroatoms. The molecule has 196 valence electrons. The quantitative estimate of drug-likeness (QED) is 0.162. The number of rotatable bonds is 9. The van der Waals surface area contributed by atoms with Crippen LogP contribution in [0.5, 0.6) is 11.5 Å². The third-order valence-corrected chi connectivity index (χ3v) is 6.86. The fourth-order valence-corrected chi connectivity index (χ4v) is 4.85. The molecule has 0 aliphatic rings. The lowest BCUT2D eigenvalue weighted by Crippen LogP contribution is -2.12. The molecule has 0 saturated carbocycles. The van der Waals surface area contributed by atoms with Gasteiger partial charge in [-0.25, -0.2) is 4.79 Å². The summed E-state index contributed by atoms with van der Waals surface area (Å²) < 4.78 is 17.9. The van der Waals surface area contributed by atoms with Crippen LogP contribution in [0, 0.1) is 0 Å². The van der Waals surface area contributed by atoms with Crippen molar-refractivity contribution in [2.75, 3.05) is 21.3 Å². The Morgan fingerprint density at radius 3 is 2.13 bits per heavy atom. The number of benzene rings is 4. The van der Waals surface area contributed by atoms with E-state index >= 15 is 0 Å². The largest absolute Gasteiger partial charge is 0.497 e. The van der Waals surface area contributed by atoms with Crippen molar-refractivity contribution >= 4 is 22.7 Å². The van der Waals surface area contributed by atoms with Crippen molar-refractivity contribution < 1.29 is 23.8 Å². The summed E-state index contributed by atoms with van der Waals surface area (Å²) in [5.74, 6) is 0.568. The van der Waals surface area contributed by atoms with E-state index < -0.39 is 5.97 Å². The summed E-state index contributed by atoms with van der Waals surface area (Å²) >= 11 is 0. The van der Waals surface area contributed by atoms with Crippen molar-refractivity contribution in [2.24, 2.45) is 0 Å². The number of aryl methyl sites for hydroxylation is 2. The van der Waals surface area contributed by atoms with Gasteiger partial charge in [-0.2, -0.15) is 0 Å². The highest BCUT2D eigenvalue weighted by Gasteiger charge is 2.20. The van der Waals surface area contributed by atoms with Gasteiger partial charge in [-0.3, -0.25) is 4.79 Å². The number of esters is 1. The Morgan fingerprint density at radius 2 is 1.44 bits per heavy atom. The highest BCUT2D eigenvalue weighted by atomic mass is 16.5. The van der Waals surface area contributed by atoms with Crippen LogP contribution in [0.2, 0.25) is 0 Å². The van der Waals surface area contributed by atoms with Gasteiger partial charge in [0.2, 0.25) is 5.78 Å². The Labute approximate surface area is 227 Å². The standard InChI is InChI=1S/C33H29NO5/c1-37-26-17-25(18-27(21-26)38-2)32(35)31-20-24-14-13-23(28-11-7-8-12-29(28)33(36)39-3)19-30(24)34(31)16-15-22-9-5-4-6-10-22/h4-14,17-21H,15-16H2,1-3H3. The summed E-state index contributed by atoms with van der Waals surface area (Å²) in [6.45, 7) is 0.595. The van der Waals surface area contributed by atoms with Gasteiger partial charge in [-0.15, -0.1) is 0 Å². The van der Waals surface area contributed by atoms with Crippen LogP contribution in [0.1, 0.15) is 32.0 Å². The van der Waals surface area contributed by atoms with Gasteiger partial charge in [-0.05, 0) is 53.4 Å². The lowest BCUT2D eigenvalue weighted by Gasteiger charge is -2.13. The number of aromatic nitrogens is 1. The first-order valence-corrected chi connectivity index (χ1v) is 12.6. The molecule has 0 spiro atoms. The van der Waals surface area contributed by atoms with Gasteiger partial charge >= 0.3 is 5.97 Å². The summed E-state index contributed by atoms with van der Waals surface area (Å²) in [6, 6.07) is 30.6. The number of hydrogen-bond donors (Lipinski definition) is 0. The number of hydrogen-bond acceptors (Lipinski definition) is 5. The zero-order chi connectivity index (χ0) is 27.4. The molecule has 4 aromatic carbocycles. The number of ketones is 1. The van der Waals surface area contributed by atoms with E-state index in [1.54, 1.807) is 38.5 Å². The second kappa shape index (κ2) is 11.3. The van der Waals surface area contributed by atoms with Crippen LogP contribution in [0.15, 0.2) is 97.1 Å². The average molecular weight is 520 g/mol. The van der Waals surface area contributed by atoms with Gasteiger partial charge in [0, 0.05) is 29.1 Å². The van der Waals surface area contributed by atoms with Crippen molar-refractivity contribution in [3.8, 4) is 22.6 Å². The van der Waals surface area contributed by atoms with E-state index in [1.165, 1.54) is 12.7 Å². The molecule has 0 radical (unpaired) electrons. The van der Waals surface area contributed by atoms with Crippen LogP contribution >= 0.6 is 0 Å². The van der Waals surface area contributed by atoms with Crippen molar-refractivity contribution in [3.63, 3.8) is 0 Å². The molecule has 0 atom stereocenters. The van der Waals surface area contributed by atoms with Gasteiger partial charge < -0.3 is 18.8 Å². The van der Waals surface area contributed by atoms with Crippen molar-refractivity contribution in [3.05, 3.63) is 119 Å². The van der Waals surface area contributed by atoms with Gasteiger partial charge in [0.15, 0.2) is 0 Å². The summed E-state index contributed by atoms with van der Waals surface area (Å²) in [5, 5.41) is 0.931. The van der Waals surface area contributed by atoms with Crippen molar-refractivity contribution in [1.29, 1.82) is 0 Å². The number of fused-ring (bicyclic) bond motifs is 1. The minimum atomic E-state index is -0.395. The molecule has 0 aliphatic carbocycles. The van der Waals surface area contributed by atoms with Gasteiger partial charge in [0.05, 0.1) is 32.6 Å². The van der Waals surface area contributed by atoms with Crippen LogP contribution in [-0.2, 0) is 17.7 Å². The Morgan fingerprint density at radius 1 is 0.744 bits per heavy atom. The van der Waals surface area contributed by atoms with Gasteiger partial charge in [0.25, 0.3) is 0 Å². The Hall–Kier alpha value is -4.84.